The molecule has 0 aliphatic carbocycles. The Morgan fingerprint density at radius 3 is 2.90 bits per heavy atom. The van der Waals surface area contributed by atoms with Gasteiger partial charge in [-0.05, 0) is 49.0 Å². The Morgan fingerprint density at radius 2 is 2.15 bits per heavy atom. The molecule has 0 radical (unpaired) electrons. The number of benzene rings is 1. The van der Waals surface area contributed by atoms with E-state index in [1.807, 2.05) is 23.1 Å². The van der Waals surface area contributed by atoms with Gasteiger partial charge in [0.2, 0.25) is 5.91 Å². The van der Waals surface area contributed by atoms with Crippen molar-refractivity contribution in [3.63, 3.8) is 0 Å². The fourth-order valence-corrected chi connectivity index (χ4v) is 3.38. The van der Waals surface area contributed by atoms with Crippen molar-refractivity contribution < 1.29 is 4.79 Å². The van der Waals surface area contributed by atoms with Crippen molar-refractivity contribution >= 4 is 5.91 Å². The maximum atomic E-state index is 12.2. The van der Waals surface area contributed by atoms with Gasteiger partial charge in [0.15, 0.2) is 0 Å². The van der Waals surface area contributed by atoms with Gasteiger partial charge in [0.1, 0.15) is 0 Å². The van der Waals surface area contributed by atoms with Gasteiger partial charge in [-0.2, -0.15) is 5.26 Å². The second-order valence-electron chi connectivity index (χ2n) is 5.99. The summed E-state index contributed by atoms with van der Waals surface area (Å²) in [6, 6.07) is 9.69. The van der Waals surface area contributed by atoms with Crippen LogP contribution in [0, 0.1) is 16.7 Å². The first kappa shape index (κ1) is 13.1. The summed E-state index contributed by atoms with van der Waals surface area (Å²) in [5.41, 5.74) is 1.89. The molecule has 1 aromatic carbocycles. The van der Waals surface area contributed by atoms with E-state index in [9.17, 15) is 4.79 Å². The lowest BCUT2D eigenvalue weighted by Gasteiger charge is -2.33. The lowest BCUT2D eigenvalue weighted by Crippen LogP contribution is -2.38. The Kier molecular flexibility index (Phi) is 3.45. The molecular formula is C16H19N3O. The predicted octanol–water partition coefficient (Wildman–Crippen LogP) is 1.66. The van der Waals surface area contributed by atoms with Gasteiger partial charge in [0.25, 0.3) is 0 Å². The molecule has 3 rings (SSSR count). The average Bonchev–Trinajstić information content (AvgIpc) is 2.75. The quantitative estimate of drug-likeness (QED) is 0.888. The molecule has 4 nitrogen and oxygen atoms in total. The molecule has 1 spiro atoms. The SMILES string of the molecule is N#Cc1cccc(CN2CC3(CCNCC3)CC2=O)c1. The van der Waals surface area contributed by atoms with Crippen LogP contribution in [0.5, 0.6) is 0 Å². The van der Waals surface area contributed by atoms with Crippen molar-refractivity contribution in [2.45, 2.75) is 25.8 Å². The second-order valence-corrected chi connectivity index (χ2v) is 5.99. The summed E-state index contributed by atoms with van der Waals surface area (Å²) >= 11 is 0. The molecule has 2 aliphatic heterocycles. The Balaban J connectivity index is 1.71. The normalized spacial score (nSPS) is 21.1. The number of nitriles is 1. The predicted molar refractivity (Wildman–Crippen MR) is 75.7 cm³/mol. The molecule has 0 unspecified atom stereocenters. The van der Waals surface area contributed by atoms with Crippen LogP contribution in [0.4, 0.5) is 0 Å². The van der Waals surface area contributed by atoms with E-state index < -0.39 is 0 Å². The Hall–Kier alpha value is -1.86. The highest BCUT2D eigenvalue weighted by atomic mass is 16.2. The van der Waals surface area contributed by atoms with E-state index in [1.54, 1.807) is 6.07 Å². The smallest absolute Gasteiger partial charge is 0.223 e. The number of piperidine rings is 1. The molecule has 0 saturated carbocycles. The summed E-state index contributed by atoms with van der Waals surface area (Å²) in [5.74, 6) is 0.259. The zero-order chi connectivity index (χ0) is 14.0. The van der Waals surface area contributed by atoms with Crippen molar-refractivity contribution in [1.29, 1.82) is 5.26 Å². The number of carbonyl (C=O) groups is 1. The molecule has 1 aromatic rings. The van der Waals surface area contributed by atoms with Crippen molar-refractivity contribution in [3.8, 4) is 6.07 Å². The number of likely N-dealkylation sites (tertiary alicyclic amines) is 1. The van der Waals surface area contributed by atoms with Gasteiger partial charge in [-0.15, -0.1) is 0 Å². The summed E-state index contributed by atoms with van der Waals surface area (Å²) in [6.07, 6.45) is 2.87. The third-order valence-electron chi connectivity index (χ3n) is 4.50. The van der Waals surface area contributed by atoms with Crippen LogP contribution in [0.1, 0.15) is 30.4 Å². The maximum absolute atomic E-state index is 12.2. The van der Waals surface area contributed by atoms with Crippen LogP contribution in [0.2, 0.25) is 0 Å². The number of nitrogens with zero attached hydrogens (tertiary/aromatic N) is 2. The molecule has 4 heteroatoms. The van der Waals surface area contributed by atoms with Crippen LogP contribution in [-0.4, -0.2) is 30.4 Å². The number of amides is 1. The first-order valence-corrected chi connectivity index (χ1v) is 7.18. The first-order chi connectivity index (χ1) is 9.71. The molecule has 0 atom stereocenters. The summed E-state index contributed by atoms with van der Waals surface area (Å²) in [6.45, 7) is 3.53. The molecule has 20 heavy (non-hydrogen) atoms. The van der Waals surface area contributed by atoms with E-state index in [0.717, 1.165) is 38.0 Å². The fourth-order valence-electron chi connectivity index (χ4n) is 3.38. The average molecular weight is 269 g/mol. The largest absolute Gasteiger partial charge is 0.338 e. The van der Waals surface area contributed by atoms with Gasteiger partial charge in [-0.3, -0.25) is 4.79 Å². The molecule has 1 amide bonds. The number of nitrogens with one attached hydrogen (secondary N) is 1. The molecule has 2 fully saturated rings. The van der Waals surface area contributed by atoms with Crippen LogP contribution in [0.25, 0.3) is 0 Å². The molecule has 104 valence electrons. The third-order valence-corrected chi connectivity index (χ3v) is 4.50. The maximum Gasteiger partial charge on any atom is 0.223 e. The van der Waals surface area contributed by atoms with Crippen molar-refractivity contribution in [2.75, 3.05) is 19.6 Å². The minimum absolute atomic E-state index is 0.190. The van der Waals surface area contributed by atoms with Gasteiger partial charge in [-0.1, -0.05) is 12.1 Å². The molecule has 0 bridgehead atoms. The summed E-state index contributed by atoms with van der Waals surface area (Å²) in [5, 5.41) is 12.3. The van der Waals surface area contributed by atoms with Crippen LogP contribution in [0.3, 0.4) is 0 Å². The van der Waals surface area contributed by atoms with Crippen LogP contribution >= 0.6 is 0 Å². The summed E-state index contributed by atoms with van der Waals surface area (Å²) in [4.78, 5) is 14.2. The first-order valence-electron chi connectivity index (χ1n) is 7.18. The Bertz CT molecular complexity index is 555. The number of hydrogen-bond donors (Lipinski definition) is 1. The number of carbonyl (C=O) groups excluding carboxylic acids is 1. The van der Waals surface area contributed by atoms with Gasteiger partial charge in [0, 0.05) is 19.5 Å². The lowest BCUT2D eigenvalue weighted by molar-refractivity contribution is -0.128. The molecule has 0 aromatic heterocycles. The van der Waals surface area contributed by atoms with Gasteiger partial charge >= 0.3 is 0 Å². The summed E-state index contributed by atoms with van der Waals surface area (Å²) < 4.78 is 0. The standard InChI is InChI=1S/C16H19N3O/c17-10-13-2-1-3-14(8-13)11-19-12-16(9-15(19)20)4-6-18-7-5-16/h1-3,8,18H,4-7,9,11-12H2. The minimum Gasteiger partial charge on any atom is -0.338 e. The topological polar surface area (TPSA) is 56.1 Å². The van der Waals surface area contributed by atoms with Gasteiger partial charge in [0.05, 0.1) is 11.6 Å². The van der Waals surface area contributed by atoms with Gasteiger partial charge < -0.3 is 10.2 Å². The fraction of sp³-hybridized carbons (Fsp3) is 0.500. The monoisotopic (exact) mass is 269 g/mol. The van der Waals surface area contributed by atoms with E-state index in [-0.39, 0.29) is 11.3 Å². The second kappa shape index (κ2) is 5.26. The van der Waals surface area contributed by atoms with Crippen molar-refractivity contribution in [2.24, 2.45) is 5.41 Å². The van der Waals surface area contributed by atoms with Crippen LogP contribution in [0.15, 0.2) is 24.3 Å². The highest BCUT2D eigenvalue weighted by Crippen LogP contribution is 2.39. The number of hydrogen-bond acceptors (Lipinski definition) is 3. The summed E-state index contributed by atoms with van der Waals surface area (Å²) in [7, 11) is 0. The highest BCUT2D eigenvalue weighted by molar-refractivity contribution is 5.79. The van der Waals surface area contributed by atoms with Crippen LogP contribution < -0.4 is 5.32 Å². The van der Waals surface area contributed by atoms with E-state index >= 15 is 0 Å². The van der Waals surface area contributed by atoms with E-state index in [4.69, 9.17) is 5.26 Å². The molecule has 2 aliphatic rings. The number of rotatable bonds is 2. The Labute approximate surface area is 119 Å². The van der Waals surface area contributed by atoms with Crippen molar-refractivity contribution in [1.82, 2.24) is 10.2 Å². The molecule has 2 saturated heterocycles. The van der Waals surface area contributed by atoms with Crippen molar-refractivity contribution in [3.05, 3.63) is 35.4 Å². The molecule has 1 N–H and O–H groups in total. The lowest BCUT2D eigenvalue weighted by atomic mass is 9.78. The molecular weight excluding hydrogens is 250 g/mol. The molecule has 2 heterocycles. The van der Waals surface area contributed by atoms with Gasteiger partial charge in [-0.25, -0.2) is 0 Å². The van der Waals surface area contributed by atoms with E-state index in [0.29, 0.717) is 18.5 Å². The Morgan fingerprint density at radius 1 is 1.35 bits per heavy atom. The van der Waals surface area contributed by atoms with E-state index in [1.165, 1.54) is 0 Å². The minimum atomic E-state index is 0.190. The highest BCUT2D eigenvalue weighted by Gasteiger charge is 2.43. The van der Waals surface area contributed by atoms with E-state index in [2.05, 4.69) is 11.4 Å². The third kappa shape index (κ3) is 2.54. The zero-order valence-corrected chi connectivity index (χ0v) is 11.6. The van der Waals surface area contributed by atoms with Crippen LogP contribution in [-0.2, 0) is 11.3 Å². The zero-order valence-electron chi connectivity index (χ0n) is 11.6.